The van der Waals surface area contributed by atoms with Crippen LogP contribution >= 0.6 is 0 Å². The minimum atomic E-state index is -0.726. The van der Waals surface area contributed by atoms with Gasteiger partial charge in [0.15, 0.2) is 0 Å². The van der Waals surface area contributed by atoms with Crippen molar-refractivity contribution in [3.8, 4) is 6.01 Å². The fourth-order valence-electron chi connectivity index (χ4n) is 3.17. The minimum Gasteiger partial charge on any atom is -0.481 e. The second-order valence-electron chi connectivity index (χ2n) is 6.21. The number of piperidine rings is 1. The van der Waals surface area contributed by atoms with E-state index >= 15 is 0 Å². The molecule has 1 aromatic heterocycles. The topological polar surface area (TPSA) is 111 Å². The number of aromatic nitrogens is 2. The molecule has 120 valence electrons. The molecular formula is C13H18N4O5. The summed E-state index contributed by atoms with van der Waals surface area (Å²) >= 11 is 0. The van der Waals surface area contributed by atoms with Gasteiger partial charge in [-0.25, -0.2) is 0 Å². The van der Waals surface area contributed by atoms with E-state index in [1.807, 2.05) is 6.92 Å². The van der Waals surface area contributed by atoms with Gasteiger partial charge in [0.05, 0.1) is 12.5 Å². The lowest BCUT2D eigenvalue weighted by molar-refractivity contribution is -0.389. The molecule has 2 aliphatic heterocycles. The fourth-order valence-corrected chi connectivity index (χ4v) is 3.17. The molecule has 0 amide bonds. The van der Waals surface area contributed by atoms with E-state index in [1.54, 1.807) is 4.57 Å². The Kier molecular flexibility index (Phi) is 3.51. The lowest BCUT2D eigenvalue weighted by atomic mass is 9.95. The number of fused-ring (bicyclic) bond motifs is 1. The highest BCUT2D eigenvalue weighted by atomic mass is 16.6. The summed E-state index contributed by atoms with van der Waals surface area (Å²) < 4.78 is 7.45. The van der Waals surface area contributed by atoms with Crippen LogP contribution in [0.1, 0.15) is 19.8 Å². The first-order chi connectivity index (χ1) is 10.4. The Morgan fingerprint density at radius 3 is 2.82 bits per heavy atom. The number of ether oxygens (including phenoxy) is 1. The molecule has 1 N–H and O–H groups in total. The van der Waals surface area contributed by atoms with Gasteiger partial charge in [-0.15, -0.1) is 0 Å². The van der Waals surface area contributed by atoms with E-state index < -0.39 is 16.5 Å². The predicted octanol–water partition coefficient (Wildman–Crippen LogP) is 0.739. The van der Waals surface area contributed by atoms with E-state index in [1.165, 1.54) is 6.20 Å². The predicted molar refractivity (Wildman–Crippen MR) is 74.7 cm³/mol. The van der Waals surface area contributed by atoms with Crippen LogP contribution in [-0.4, -0.2) is 55.7 Å². The maximum atomic E-state index is 11.0. The molecule has 22 heavy (non-hydrogen) atoms. The molecule has 0 radical (unpaired) electrons. The standard InChI is InChI=1S/C13H18N4O5/c1-13(7-15-4-2-9(3-5-15)11(18)19)8-16-6-10(17(20)21)14-12(16)22-13/h6,9H,2-5,7-8H2,1H3,(H,18,19)/t13-/m0/s1. The molecule has 0 aromatic carbocycles. The fraction of sp³-hybridized carbons (Fsp3) is 0.692. The van der Waals surface area contributed by atoms with Gasteiger partial charge in [0.25, 0.3) is 0 Å². The van der Waals surface area contributed by atoms with E-state index in [9.17, 15) is 14.9 Å². The highest BCUT2D eigenvalue weighted by molar-refractivity contribution is 5.70. The summed E-state index contributed by atoms with van der Waals surface area (Å²) in [5.41, 5.74) is -0.493. The smallest absolute Gasteiger partial charge is 0.415 e. The molecular weight excluding hydrogens is 292 g/mol. The van der Waals surface area contributed by atoms with E-state index in [0.717, 1.165) is 13.1 Å². The number of nitro groups is 1. The summed E-state index contributed by atoms with van der Waals surface area (Å²) in [7, 11) is 0. The van der Waals surface area contributed by atoms with Crippen molar-refractivity contribution in [2.75, 3.05) is 19.6 Å². The van der Waals surface area contributed by atoms with Gasteiger partial charge in [0.1, 0.15) is 11.8 Å². The van der Waals surface area contributed by atoms with Crippen LogP contribution in [0.5, 0.6) is 6.01 Å². The first-order valence-corrected chi connectivity index (χ1v) is 7.22. The zero-order valence-electron chi connectivity index (χ0n) is 12.3. The number of imidazole rings is 1. The van der Waals surface area contributed by atoms with Crippen LogP contribution in [0.4, 0.5) is 5.82 Å². The monoisotopic (exact) mass is 310 g/mol. The molecule has 0 unspecified atom stereocenters. The Hall–Kier alpha value is -2.16. The third-order valence-corrected chi connectivity index (χ3v) is 4.25. The van der Waals surface area contributed by atoms with Crippen LogP contribution in [-0.2, 0) is 11.3 Å². The molecule has 0 spiro atoms. The number of carbonyl (C=O) groups is 1. The molecule has 1 fully saturated rings. The van der Waals surface area contributed by atoms with Gasteiger partial charge in [-0.05, 0) is 37.8 Å². The van der Waals surface area contributed by atoms with Crippen molar-refractivity contribution in [3.05, 3.63) is 16.3 Å². The normalized spacial score (nSPS) is 25.7. The summed E-state index contributed by atoms with van der Waals surface area (Å²) in [6.07, 6.45) is 2.67. The molecule has 0 saturated carbocycles. The summed E-state index contributed by atoms with van der Waals surface area (Å²) in [4.78, 5) is 27.1. The molecule has 0 bridgehead atoms. The lowest BCUT2D eigenvalue weighted by Crippen LogP contribution is -2.48. The van der Waals surface area contributed by atoms with Crippen LogP contribution in [0, 0.1) is 16.0 Å². The zero-order valence-corrected chi connectivity index (χ0v) is 12.3. The van der Waals surface area contributed by atoms with Crippen molar-refractivity contribution in [2.45, 2.75) is 31.9 Å². The average Bonchev–Trinajstić information content (AvgIpc) is 2.94. The Morgan fingerprint density at radius 2 is 2.27 bits per heavy atom. The van der Waals surface area contributed by atoms with Crippen LogP contribution in [0.2, 0.25) is 0 Å². The van der Waals surface area contributed by atoms with Crippen LogP contribution in [0.25, 0.3) is 0 Å². The molecule has 3 heterocycles. The molecule has 1 atom stereocenters. The molecule has 3 rings (SSSR count). The zero-order chi connectivity index (χ0) is 15.9. The number of rotatable bonds is 4. The van der Waals surface area contributed by atoms with Gasteiger partial charge in [0.2, 0.25) is 0 Å². The van der Waals surface area contributed by atoms with Gasteiger partial charge < -0.3 is 20.0 Å². The summed E-state index contributed by atoms with van der Waals surface area (Å²) in [5.74, 6) is -1.19. The summed E-state index contributed by atoms with van der Waals surface area (Å²) in [6, 6.07) is 0.273. The number of likely N-dealkylation sites (tertiary alicyclic amines) is 1. The van der Waals surface area contributed by atoms with Crippen molar-refractivity contribution in [1.29, 1.82) is 0 Å². The lowest BCUT2D eigenvalue weighted by Gasteiger charge is -2.35. The Balaban J connectivity index is 1.59. The number of hydrogen-bond donors (Lipinski definition) is 1. The molecule has 9 nitrogen and oxygen atoms in total. The third-order valence-electron chi connectivity index (χ3n) is 4.25. The average molecular weight is 310 g/mol. The van der Waals surface area contributed by atoms with E-state index in [0.29, 0.717) is 25.9 Å². The molecule has 9 heteroatoms. The third kappa shape index (κ3) is 2.76. The highest BCUT2D eigenvalue weighted by Crippen LogP contribution is 2.32. The molecule has 2 aliphatic rings. The molecule has 0 aliphatic carbocycles. The van der Waals surface area contributed by atoms with Gasteiger partial charge >= 0.3 is 17.8 Å². The van der Waals surface area contributed by atoms with Crippen molar-refractivity contribution in [2.24, 2.45) is 5.92 Å². The van der Waals surface area contributed by atoms with Gasteiger partial charge in [0, 0.05) is 11.5 Å². The SMILES string of the molecule is C[C@]1(CN2CCC(C(=O)O)CC2)Cn2cc([N+](=O)[O-])nc2O1. The summed E-state index contributed by atoms with van der Waals surface area (Å²) in [5, 5.41) is 19.7. The maximum Gasteiger partial charge on any atom is 0.415 e. The van der Waals surface area contributed by atoms with E-state index in [4.69, 9.17) is 9.84 Å². The summed E-state index contributed by atoms with van der Waals surface area (Å²) in [6.45, 7) is 4.53. The molecule has 1 saturated heterocycles. The van der Waals surface area contributed by atoms with Crippen LogP contribution in [0.15, 0.2) is 6.20 Å². The number of carboxylic acid groups (broad SMARTS) is 1. The minimum absolute atomic E-state index is 0.209. The van der Waals surface area contributed by atoms with Gasteiger partial charge in [-0.3, -0.25) is 14.3 Å². The Bertz CT molecular complexity index is 582. The number of nitrogens with zero attached hydrogens (tertiary/aromatic N) is 4. The second kappa shape index (κ2) is 5.24. The largest absolute Gasteiger partial charge is 0.481 e. The first kappa shape index (κ1) is 14.8. The number of hydrogen-bond acceptors (Lipinski definition) is 6. The van der Waals surface area contributed by atoms with Crippen LogP contribution in [0.3, 0.4) is 0 Å². The van der Waals surface area contributed by atoms with E-state index in [2.05, 4.69) is 9.88 Å². The van der Waals surface area contributed by atoms with Crippen molar-refractivity contribution in [1.82, 2.24) is 14.5 Å². The number of carboxylic acids is 1. The Morgan fingerprint density at radius 1 is 1.59 bits per heavy atom. The van der Waals surface area contributed by atoms with Crippen molar-refractivity contribution < 1.29 is 19.6 Å². The number of aliphatic carboxylic acids is 1. The highest BCUT2D eigenvalue weighted by Gasteiger charge is 2.42. The van der Waals surface area contributed by atoms with Crippen molar-refractivity contribution in [3.63, 3.8) is 0 Å². The second-order valence-corrected chi connectivity index (χ2v) is 6.21. The van der Waals surface area contributed by atoms with Crippen LogP contribution < -0.4 is 4.74 Å². The maximum absolute atomic E-state index is 11.0. The van der Waals surface area contributed by atoms with Gasteiger partial charge in [-0.1, -0.05) is 0 Å². The quantitative estimate of drug-likeness (QED) is 0.645. The van der Waals surface area contributed by atoms with Crippen molar-refractivity contribution >= 4 is 11.8 Å². The molecule has 1 aromatic rings. The van der Waals surface area contributed by atoms with E-state index in [-0.39, 0.29) is 17.7 Å². The Labute approximate surface area is 126 Å². The van der Waals surface area contributed by atoms with Gasteiger partial charge in [-0.2, -0.15) is 0 Å². The first-order valence-electron chi connectivity index (χ1n) is 7.22.